The number of hydrogen-bond donors (Lipinski definition) is 2. The van der Waals surface area contributed by atoms with Gasteiger partial charge in [-0.2, -0.15) is 0 Å². The quantitative estimate of drug-likeness (QED) is 0.684. The molecule has 0 aromatic heterocycles. The molecular formula is C22H29NO3. The van der Waals surface area contributed by atoms with E-state index in [0.717, 1.165) is 18.7 Å². The van der Waals surface area contributed by atoms with E-state index >= 15 is 0 Å². The first-order valence-electron chi connectivity index (χ1n) is 9.26. The Labute approximate surface area is 156 Å². The van der Waals surface area contributed by atoms with Crippen molar-refractivity contribution in [2.24, 2.45) is 0 Å². The van der Waals surface area contributed by atoms with E-state index in [1.807, 2.05) is 48.5 Å². The molecule has 0 spiro atoms. The van der Waals surface area contributed by atoms with Crippen LogP contribution in [0, 0.1) is 0 Å². The van der Waals surface area contributed by atoms with Gasteiger partial charge in [0.15, 0.2) is 0 Å². The maximum atomic E-state index is 12.1. The molecule has 0 aliphatic rings. The normalized spacial score (nSPS) is 14.8. The van der Waals surface area contributed by atoms with Gasteiger partial charge in [-0.1, -0.05) is 74.5 Å². The zero-order valence-corrected chi connectivity index (χ0v) is 15.6. The molecule has 4 nitrogen and oxygen atoms in total. The summed E-state index contributed by atoms with van der Waals surface area (Å²) >= 11 is 0. The Hall–Kier alpha value is -2.17. The molecule has 0 radical (unpaired) electrons. The molecule has 0 amide bonds. The largest absolute Gasteiger partial charge is 0.481 e. The van der Waals surface area contributed by atoms with Gasteiger partial charge >= 0.3 is 5.97 Å². The molecule has 2 aromatic carbocycles. The van der Waals surface area contributed by atoms with Crippen LogP contribution in [0.15, 0.2) is 60.7 Å². The van der Waals surface area contributed by atoms with Crippen molar-refractivity contribution in [3.8, 4) is 0 Å². The molecule has 0 heterocycles. The SMILES string of the molecule is CCN(CC)CC[C@@](O)(Cc1ccccc1)C(C(=O)O)c1ccccc1. The van der Waals surface area contributed by atoms with Crippen molar-refractivity contribution >= 4 is 5.97 Å². The Morgan fingerprint density at radius 1 is 1.00 bits per heavy atom. The Morgan fingerprint density at radius 2 is 1.54 bits per heavy atom. The number of aliphatic carboxylic acids is 1. The van der Waals surface area contributed by atoms with E-state index in [1.165, 1.54) is 0 Å². The van der Waals surface area contributed by atoms with E-state index in [9.17, 15) is 15.0 Å². The van der Waals surface area contributed by atoms with E-state index in [4.69, 9.17) is 0 Å². The molecule has 0 fully saturated rings. The summed E-state index contributed by atoms with van der Waals surface area (Å²) in [5.41, 5.74) is 0.214. The number of hydrogen-bond acceptors (Lipinski definition) is 3. The molecule has 4 heteroatoms. The number of carboxylic acid groups (broad SMARTS) is 1. The van der Waals surface area contributed by atoms with Crippen LogP contribution in [0.3, 0.4) is 0 Å². The van der Waals surface area contributed by atoms with Crippen molar-refractivity contribution in [1.82, 2.24) is 4.90 Å². The average Bonchev–Trinajstić information content (AvgIpc) is 2.64. The summed E-state index contributed by atoms with van der Waals surface area (Å²) in [6.07, 6.45) is 0.705. The fourth-order valence-electron chi connectivity index (χ4n) is 3.50. The summed E-state index contributed by atoms with van der Waals surface area (Å²) in [6.45, 7) is 6.56. The minimum absolute atomic E-state index is 0.307. The monoisotopic (exact) mass is 355 g/mol. The van der Waals surface area contributed by atoms with Gasteiger partial charge < -0.3 is 15.1 Å². The minimum atomic E-state index is -1.36. The van der Waals surface area contributed by atoms with E-state index in [1.54, 1.807) is 12.1 Å². The van der Waals surface area contributed by atoms with Crippen LogP contribution in [0.1, 0.15) is 37.3 Å². The van der Waals surface area contributed by atoms with Gasteiger partial charge in [-0.15, -0.1) is 0 Å². The van der Waals surface area contributed by atoms with Gasteiger partial charge in [-0.25, -0.2) is 0 Å². The summed E-state index contributed by atoms with van der Waals surface area (Å²) in [5, 5.41) is 21.5. The van der Waals surface area contributed by atoms with Crippen molar-refractivity contribution in [1.29, 1.82) is 0 Å². The molecule has 2 aromatic rings. The van der Waals surface area contributed by atoms with Crippen molar-refractivity contribution in [2.45, 2.75) is 38.2 Å². The number of aliphatic hydroxyl groups is 1. The Bertz CT molecular complexity index is 670. The van der Waals surface area contributed by atoms with Crippen LogP contribution < -0.4 is 0 Å². The maximum Gasteiger partial charge on any atom is 0.313 e. The standard InChI is InChI=1S/C22H29NO3/c1-3-23(4-2)16-15-22(26,17-18-11-7-5-8-12-18)20(21(24)25)19-13-9-6-10-14-19/h5-14,20,26H,3-4,15-17H2,1-2H3,(H,24,25)/t20?,22-/m1/s1. The maximum absolute atomic E-state index is 12.1. The molecule has 0 aliphatic carbocycles. The van der Waals surface area contributed by atoms with E-state index in [-0.39, 0.29) is 0 Å². The lowest BCUT2D eigenvalue weighted by molar-refractivity contribution is -0.146. The van der Waals surface area contributed by atoms with Gasteiger partial charge in [0.05, 0.1) is 5.60 Å². The third-order valence-corrected chi connectivity index (χ3v) is 5.03. The highest BCUT2D eigenvalue weighted by molar-refractivity contribution is 5.78. The van der Waals surface area contributed by atoms with Crippen molar-refractivity contribution in [2.75, 3.05) is 19.6 Å². The lowest BCUT2D eigenvalue weighted by atomic mass is 9.76. The van der Waals surface area contributed by atoms with E-state index in [2.05, 4.69) is 18.7 Å². The molecule has 1 unspecified atom stereocenters. The average molecular weight is 355 g/mol. The van der Waals surface area contributed by atoms with Crippen LogP contribution in [0.25, 0.3) is 0 Å². The Kier molecular flexibility index (Phi) is 7.37. The van der Waals surface area contributed by atoms with Crippen LogP contribution in [0.4, 0.5) is 0 Å². The third kappa shape index (κ3) is 5.16. The summed E-state index contributed by atoms with van der Waals surface area (Å²) < 4.78 is 0. The summed E-state index contributed by atoms with van der Waals surface area (Å²) in [4.78, 5) is 14.4. The molecule has 0 aliphatic heterocycles. The lowest BCUT2D eigenvalue weighted by Gasteiger charge is -2.36. The van der Waals surface area contributed by atoms with Crippen molar-refractivity contribution in [3.63, 3.8) is 0 Å². The highest BCUT2D eigenvalue weighted by atomic mass is 16.4. The highest BCUT2D eigenvalue weighted by Crippen LogP contribution is 2.35. The number of nitrogens with zero attached hydrogens (tertiary/aromatic N) is 1. The molecule has 26 heavy (non-hydrogen) atoms. The first-order chi connectivity index (χ1) is 12.5. The van der Waals surface area contributed by atoms with Crippen LogP contribution in [-0.4, -0.2) is 46.3 Å². The number of benzene rings is 2. The van der Waals surface area contributed by atoms with Crippen molar-refractivity contribution < 1.29 is 15.0 Å². The van der Waals surface area contributed by atoms with Crippen LogP contribution in [-0.2, 0) is 11.2 Å². The Morgan fingerprint density at radius 3 is 2.04 bits per heavy atom. The zero-order valence-electron chi connectivity index (χ0n) is 15.6. The molecular weight excluding hydrogens is 326 g/mol. The second-order valence-electron chi connectivity index (χ2n) is 6.72. The van der Waals surface area contributed by atoms with Crippen LogP contribution in [0.5, 0.6) is 0 Å². The molecule has 140 valence electrons. The number of carbonyl (C=O) groups is 1. The zero-order chi connectivity index (χ0) is 19.0. The second-order valence-corrected chi connectivity index (χ2v) is 6.72. The molecule has 2 atom stereocenters. The van der Waals surface area contributed by atoms with Gasteiger partial charge in [-0.05, 0) is 30.6 Å². The van der Waals surface area contributed by atoms with Gasteiger partial charge in [0, 0.05) is 13.0 Å². The van der Waals surface area contributed by atoms with Gasteiger partial charge in [0.25, 0.3) is 0 Å². The second kappa shape index (κ2) is 9.51. The fraction of sp³-hybridized carbons (Fsp3) is 0.409. The molecule has 0 saturated heterocycles. The van der Waals surface area contributed by atoms with E-state index < -0.39 is 17.5 Å². The topological polar surface area (TPSA) is 60.8 Å². The molecule has 2 rings (SSSR count). The van der Waals surface area contributed by atoms with Gasteiger partial charge in [-0.3, -0.25) is 4.79 Å². The van der Waals surface area contributed by atoms with Crippen LogP contribution >= 0.6 is 0 Å². The number of carboxylic acids is 1. The third-order valence-electron chi connectivity index (χ3n) is 5.03. The first kappa shape index (κ1) is 20.1. The highest BCUT2D eigenvalue weighted by Gasteiger charge is 2.42. The van der Waals surface area contributed by atoms with Crippen molar-refractivity contribution in [3.05, 3.63) is 71.8 Å². The predicted molar refractivity (Wildman–Crippen MR) is 104 cm³/mol. The minimum Gasteiger partial charge on any atom is -0.481 e. The smallest absolute Gasteiger partial charge is 0.313 e. The van der Waals surface area contributed by atoms with Gasteiger partial charge in [0.1, 0.15) is 5.92 Å². The molecule has 2 N–H and O–H groups in total. The van der Waals surface area contributed by atoms with Crippen LogP contribution in [0.2, 0.25) is 0 Å². The molecule has 0 bridgehead atoms. The summed E-state index contributed by atoms with van der Waals surface area (Å²) in [5.74, 6) is -1.96. The Balaban J connectivity index is 2.37. The summed E-state index contributed by atoms with van der Waals surface area (Å²) in [6, 6.07) is 18.7. The predicted octanol–water partition coefficient (Wildman–Crippen LogP) is 3.56. The fourth-order valence-corrected chi connectivity index (χ4v) is 3.50. The summed E-state index contributed by atoms with van der Waals surface area (Å²) in [7, 11) is 0. The first-order valence-corrected chi connectivity index (χ1v) is 9.26. The number of rotatable bonds is 10. The molecule has 0 saturated carbocycles. The van der Waals surface area contributed by atoms with Gasteiger partial charge in [0.2, 0.25) is 0 Å². The lowest BCUT2D eigenvalue weighted by Crippen LogP contribution is -2.45. The van der Waals surface area contributed by atoms with E-state index in [0.29, 0.717) is 24.9 Å².